The molecular weight excluding hydrogens is 276 g/mol. The minimum atomic E-state index is -2.91. The highest BCUT2D eigenvalue weighted by Gasteiger charge is 2.42. The summed E-state index contributed by atoms with van der Waals surface area (Å²) in [5.74, 6) is -3.71. The molecule has 1 saturated heterocycles. The third-order valence-electron chi connectivity index (χ3n) is 4.56. The van der Waals surface area contributed by atoms with E-state index in [1.165, 1.54) is 12.1 Å². The third kappa shape index (κ3) is 3.40. The standard InChI is InChI=1S/C16H21F2NO2/c1-2-15(14(20)21)8-10-19(11-9-15)12-16(17,18)13-6-4-3-5-7-13/h3-7H,2,8-12H2,1H3,(H,20,21). The lowest BCUT2D eigenvalue weighted by atomic mass is 9.76. The van der Waals surface area contributed by atoms with Gasteiger partial charge >= 0.3 is 5.97 Å². The molecule has 5 heteroatoms. The highest BCUT2D eigenvalue weighted by Crippen LogP contribution is 2.37. The summed E-state index contributed by atoms with van der Waals surface area (Å²) in [4.78, 5) is 13.0. The fraction of sp³-hybridized carbons (Fsp3) is 0.562. The zero-order valence-corrected chi connectivity index (χ0v) is 12.2. The van der Waals surface area contributed by atoms with E-state index in [2.05, 4.69) is 0 Å². The number of likely N-dealkylation sites (tertiary alicyclic amines) is 1. The average molecular weight is 297 g/mol. The molecule has 0 atom stereocenters. The Morgan fingerprint density at radius 3 is 2.33 bits per heavy atom. The highest BCUT2D eigenvalue weighted by molar-refractivity contribution is 5.74. The highest BCUT2D eigenvalue weighted by atomic mass is 19.3. The maximum atomic E-state index is 14.2. The van der Waals surface area contributed by atoms with E-state index in [0.717, 1.165) is 0 Å². The zero-order chi connectivity index (χ0) is 15.5. The van der Waals surface area contributed by atoms with Crippen LogP contribution < -0.4 is 0 Å². The molecule has 2 rings (SSSR count). The summed E-state index contributed by atoms with van der Waals surface area (Å²) in [5.41, 5.74) is -0.728. The number of piperidine rings is 1. The Morgan fingerprint density at radius 1 is 1.29 bits per heavy atom. The quantitative estimate of drug-likeness (QED) is 0.906. The smallest absolute Gasteiger partial charge is 0.309 e. The van der Waals surface area contributed by atoms with Gasteiger partial charge in [-0.15, -0.1) is 0 Å². The van der Waals surface area contributed by atoms with Gasteiger partial charge in [-0.2, -0.15) is 8.78 Å². The first kappa shape index (κ1) is 15.9. The van der Waals surface area contributed by atoms with Gasteiger partial charge < -0.3 is 5.11 Å². The summed E-state index contributed by atoms with van der Waals surface area (Å²) < 4.78 is 28.4. The third-order valence-corrected chi connectivity index (χ3v) is 4.56. The van der Waals surface area contributed by atoms with Crippen LogP contribution in [0, 0.1) is 5.41 Å². The van der Waals surface area contributed by atoms with Gasteiger partial charge in [-0.3, -0.25) is 9.69 Å². The zero-order valence-electron chi connectivity index (χ0n) is 12.2. The average Bonchev–Trinajstić information content (AvgIpc) is 2.48. The Morgan fingerprint density at radius 2 is 1.86 bits per heavy atom. The number of carboxylic acids is 1. The van der Waals surface area contributed by atoms with Gasteiger partial charge in [0.15, 0.2) is 0 Å². The molecule has 0 bridgehead atoms. The summed E-state index contributed by atoms with van der Waals surface area (Å²) in [5, 5.41) is 9.32. The number of benzene rings is 1. The molecule has 0 unspecified atom stereocenters. The molecule has 21 heavy (non-hydrogen) atoms. The van der Waals surface area contributed by atoms with Crippen molar-refractivity contribution in [3.63, 3.8) is 0 Å². The summed E-state index contributed by atoms with van der Waals surface area (Å²) in [6, 6.07) is 7.77. The van der Waals surface area contributed by atoms with Gasteiger partial charge in [0.05, 0.1) is 12.0 Å². The molecule has 0 saturated carbocycles. The molecule has 1 aliphatic rings. The molecule has 1 heterocycles. The SMILES string of the molecule is CCC1(C(=O)O)CCN(CC(F)(F)c2ccccc2)CC1. The first-order chi connectivity index (χ1) is 9.89. The lowest BCUT2D eigenvalue weighted by Crippen LogP contribution is -2.47. The fourth-order valence-electron chi connectivity index (χ4n) is 2.91. The van der Waals surface area contributed by atoms with E-state index in [4.69, 9.17) is 0 Å². The molecule has 0 aliphatic carbocycles. The number of nitrogens with zero attached hydrogens (tertiary/aromatic N) is 1. The lowest BCUT2D eigenvalue weighted by molar-refractivity contribution is -0.153. The van der Waals surface area contributed by atoms with Crippen LogP contribution in [-0.2, 0) is 10.7 Å². The first-order valence-electron chi connectivity index (χ1n) is 7.29. The van der Waals surface area contributed by atoms with Crippen LogP contribution in [0.25, 0.3) is 0 Å². The van der Waals surface area contributed by atoms with E-state index >= 15 is 0 Å². The Hall–Kier alpha value is -1.49. The summed E-state index contributed by atoms with van der Waals surface area (Å²) in [6.45, 7) is 2.31. The second-order valence-electron chi connectivity index (χ2n) is 5.79. The van der Waals surface area contributed by atoms with Crippen LogP contribution in [0.3, 0.4) is 0 Å². The molecule has 0 amide bonds. The normalized spacial score (nSPS) is 19.4. The number of rotatable bonds is 5. The number of halogens is 2. The maximum absolute atomic E-state index is 14.2. The van der Waals surface area contributed by atoms with E-state index in [0.29, 0.717) is 32.4 Å². The van der Waals surface area contributed by atoms with Crippen molar-refractivity contribution in [2.45, 2.75) is 32.1 Å². The number of carbonyl (C=O) groups is 1. The number of aliphatic carboxylic acids is 1. The molecule has 1 N–H and O–H groups in total. The molecule has 3 nitrogen and oxygen atoms in total. The van der Waals surface area contributed by atoms with Gasteiger partial charge in [0.25, 0.3) is 5.92 Å². The Balaban J connectivity index is 1.99. The second-order valence-corrected chi connectivity index (χ2v) is 5.79. The minimum Gasteiger partial charge on any atom is -0.481 e. The topological polar surface area (TPSA) is 40.5 Å². The van der Waals surface area contributed by atoms with Crippen LogP contribution in [0.5, 0.6) is 0 Å². The van der Waals surface area contributed by atoms with Crippen LogP contribution >= 0.6 is 0 Å². The number of hydrogen-bond acceptors (Lipinski definition) is 2. The van der Waals surface area contributed by atoms with Crippen molar-refractivity contribution in [3.8, 4) is 0 Å². The van der Waals surface area contributed by atoms with Crippen LogP contribution in [-0.4, -0.2) is 35.6 Å². The van der Waals surface area contributed by atoms with Crippen LogP contribution in [0.15, 0.2) is 30.3 Å². The van der Waals surface area contributed by atoms with E-state index in [1.807, 2.05) is 6.92 Å². The monoisotopic (exact) mass is 297 g/mol. The van der Waals surface area contributed by atoms with Gasteiger partial charge in [0.1, 0.15) is 0 Å². The van der Waals surface area contributed by atoms with Gasteiger partial charge in [-0.05, 0) is 32.4 Å². The molecule has 1 aromatic carbocycles. The van der Waals surface area contributed by atoms with E-state index in [-0.39, 0.29) is 12.1 Å². The second kappa shape index (κ2) is 6.10. The molecule has 1 aliphatic heterocycles. The first-order valence-corrected chi connectivity index (χ1v) is 7.29. The lowest BCUT2D eigenvalue weighted by Gasteiger charge is -2.39. The van der Waals surface area contributed by atoms with Crippen molar-refractivity contribution < 1.29 is 18.7 Å². The van der Waals surface area contributed by atoms with Crippen molar-refractivity contribution in [2.24, 2.45) is 5.41 Å². The van der Waals surface area contributed by atoms with Crippen molar-refractivity contribution >= 4 is 5.97 Å². The van der Waals surface area contributed by atoms with Gasteiger partial charge in [-0.1, -0.05) is 37.3 Å². The minimum absolute atomic E-state index is 0.00978. The van der Waals surface area contributed by atoms with Gasteiger partial charge in [0, 0.05) is 5.56 Å². The van der Waals surface area contributed by atoms with Crippen LogP contribution in [0.4, 0.5) is 8.78 Å². The summed E-state index contributed by atoms with van der Waals surface area (Å²) >= 11 is 0. The summed E-state index contributed by atoms with van der Waals surface area (Å²) in [7, 11) is 0. The van der Waals surface area contributed by atoms with Crippen molar-refractivity contribution in [2.75, 3.05) is 19.6 Å². The van der Waals surface area contributed by atoms with Crippen molar-refractivity contribution in [3.05, 3.63) is 35.9 Å². The number of carboxylic acid groups (broad SMARTS) is 1. The Labute approximate surface area is 123 Å². The van der Waals surface area contributed by atoms with E-state index in [9.17, 15) is 18.7 Å². The molecule has 0 spiro atoms. The molecule has 1 fully saturated rings. The van der Waals surface area contributed by atoms with E-state index in [1.54, 1.807) is 23.1 Å². The predicted molar refractivity (Wildman–Crippen MR) is 76.4 cm³/mol. The maximum Gasteiger partial charge on any atom is 0.309 e. The number of hydrogen-bond donors (Lipinski definition) is 1. The fourth-order valence-corrected chi connectivity index (χ4v) is 2.91. The van der Waals surface area contributed by atoms with Crippen LogP contribution in [0.2, 0.25) is 0 Å². The van der Waals surface area contributed by atoms with Crippen LogP contribution in [0.1, 0.15) is 31.7 Å². The predicted octanol–water partition coefficient (Wildman–Crippen LogP) is 3.36. The molecule has 116 valence electrons. The van der Waals surface area contributed by atoms with Gasteiger partial charge in [0.2, 0.25) is 0 Å². The molecule has 1 aromatic rings. The molecular formula is C16H21F2NO2. The van der Waals surface area contributed by atoms with Gasteiger partial charge in [-0.25, -0.2) is 0 Å². The Bertz CT molecular complexity index is 482. The van der Waals surface area contributed by atoms with Crippen molar-refractivity contribution in [1.29, 1.82) is 0 Å². The van der Waals surface area contributed by atoms with E-state index < -0.39 is 17.3 Å². The van der Waals surface area contributed by atoms with Crippen molar-refractivity contribution in [1.82, 2.24) is 4.90 Å². The molecule has 0 aromatic heterocycles. The largest absolute Gasteiger partial charge is 0.481 e. The number of alkyl halides is 2. The Kier molecular flexibility index (Phi) is 4.61. The molecule has 0 radical (unpaired) electrons. The summed E-state index contributed by atoms with van der Waals surface area (Å²) in [6.07, 6.45) is 1.42.